The Balaban J connectivity index is 2.06. The average Bonchev–Trinajstić information content (AvgIpc) is 2.98. The van der Waals surface area contributed by atoms with Gasteiger partial charge in [0.15, 0.2) is 6.61 Å². The summed E-state index contributed by atoms with van der Waals surface area (Å²) in [6.07, 6.45) is -0.738. The minimum atomic E-state index is -0.741. The van der Waals surface area contributed by atoms with E-state index in [1.807, 2.05) is 0 Å². The van der Waals surface area contributed by atoms with Crippen molar-refractivity contribution in [2.75, 3.05) is 34.0 Å². The molecule has 0 aliphatic carbocycles. The van der Waals surface area contributed by atoms with Crippen molar-refractivity contribution in [2.24, 2.45) is 0 Å². The van der Waals surface area contributed by atoms with Crippen molar-refractivity contribution in [1.82, 2.24) is 4.90 Å². The van der Waals surface area contributed by atoms with Crippen LogP contribution in [0, 0.1) is 0 Å². The number of rotatable bonds is 5. The van der Waals surface area contributed by atoms with Crippen molar-refractivity contribution in [1.29, 1.82) is 0 Å². The first-order chi connectivity index (χ1) is 11.0. The molecule has 8 nitrogen and oxygen atoms in total. The molecule has 0 spiro atoms. The number of halogens is 1. The lowest BCUT2D eigenvalue weighted by atomic mass is 10.2. The van der Waals surface area contributed by atoms with Crippen LogP contribution in [0.4, 0.5) is 4.79 Å². The lowest BCUT2D eigenvalue weighted by Gasteiger charge is -2.13. The lowest BCUT2D eigenvalue weighted by Crippen LogP contribution is -2.35. The van der Waals surface area contributed by atoms with Gasteiger partial charge < -0.3 is 18.9 Å². The van der Waals surface area contributed by atoms with Crippen molar-refractivity contribution in [3.05, 3.63) is 22.2 Å². The fraction of sp³-hybridized carbons (Fsp3) is 0.357. The maximum atomic E-state index is 12.1. The van der Waals surface area contributed by atoms with E-state index in [9.17, 15) is 14.4 Å². The molecule has 0 unspecified atom stereocenters. The van der Waals surface area contributed by atoms with E-state index in [1.54, 1.807) is 0 Å². The van der Waals surface area contributed by atoms with Crippen LogP contribution in [0.5, 0.6) is 11.5 Å². The molecule has 2 rings (SSSR count). The Morgan fingerprint density at radius 3 is 2.35 bits per heavy atom. The van der Waals surface area contributed by atoms with Crippen LogP contribution < -0.4 is 9.47 Å². The van der Waals surface area contributed by atoms with Gasteiger partial charge in [-0.2, -0.15) is 0 Å². The van der Waals surface area contributed by atoms with Gasteiger partial charge in [-0.15, -0.1) is 0 Å². The zero-order valence-corrected chi connectivity index (χ0v) is 14.0. The number of amides is 2. The normalized spacial score (nSPS) is 13.5. The van der Waals surface area contributed by atoms with Crippen LogP contribution in [0.2, 0.25) is 0 Å². The van der Waals surface area contributed by atoms with E-state index in [2.05, 4.69) is 20.7 Å². The van der Waals surface area contributed by atoms with Crippen LogP contribution in [-0.4, -0.2) is 56.8 Å². The molecule has 9 heteroatoms. The van der Waals surface area contributed by atoms with Gasteiger partial charge in [-0.3, -0.25) is 4.79 Å². The number of imide groups is 1. The number of ether oxygens (including phenoxy) is 4. The predicted octanol–water partition coefficient (Wildman–Crippen LogP) is 1.60. The smallest absolute Gasteiger partial charge is 0.416 e. The Bertz CT molecular complexity index is 621. The van der Waals surface area contributed by atoms with E-state index in [0.717, 1.165) is 4.90 Å². The maximum absolute atomic E-state index is 12.1. The third-order valence-corrected chi connectivity index (χ3v) is 3.85. The SMILES string of the molecule is COc1cc(C(=O)OCC(=O)N2CCOC2=O)cc(OC)c1Br. The van der Waals surface area contributed by atoms with Gasteiger partial charge in [0.25, 0.3) is 5.91 Å². The van der Waals surface area contributed by atoms with Crippen molar-refractivity contribution in [3.63, 3.8) is 0 Å². The number of benzene rings is 1. The van der Waals surface area contributed by atoms with Gasteiger partial charge in [-0.1, -0.05) is 0 Å². The number of hydrogen-bond donors (Lipinski definition) is 0. The second kappa shape index (κ2) is 7.32. The molecule has 1 aliphatic heterocycles. The largest absolute Gasteiger partial charge is 0.495 e. The molecule has 1 aromatic carbocycles. The van der Waals surface area contributed by atoms with Crippen molar-refractivity contribution < 1.29 is 33.3 Å². The van der Waals surface area contributed by atoms with E-state index in [0.29, 0.717) is 16.0 Å². The first kappa shape index (κ1) is 17.1. The molecule has 23 heavy (non-hydrogen) atoms. The van der Waals surface area contributed by atoms with Crippen LogP contribution in [0.3, 0.4) is 0 Å². The predicted molar refractivity (Wildman–Crippen MR) is 80.6 cm³/mol. The molecule has 1 aromatic rings. The molecule has 0 bridgehead atoms. The lowest BCUT2D eigenvalue weighted by molar-refractivity contribution is -0.131. The standard InChI is InChI=1S/C14H14BrNO7/c1-20-9-5-8(6-10(21-2)12(9)15)13(18)23-7-11(17)16-3-4-22-14(16)19/h5-6H,3-4,7H2,1-2H3. The van der Waals surface area contributed by atoms with Gasteiger partial charge in [-0.05, 0) is 28.1 Å². The molecule has 1 heterocycles. The van der Waals surface area contributed by atoms with Gasteiger partial charge in [0.2, 0.25) is 0 Å². The molecule has 1 fully saturated rings. The summed E-state index contributed by atoms with van der Waals surface area (Å²) in [5.41, 5.74) is 0.152. The molecule has 1 saturated heterocycles. The molecule has 124 valence electrons. The first-order valence-corrected chi connectivity index (χ1v) is 7.33. The zero-order chi connectivity index (χ0) is 17.0. The fourth-order valence-corrected chi connectivity index (χ4v) is 2.45. The van der Waals surface area contributed by atoms with Crippen LogP contribution >= 0.6 is 15.9 Å². The van der Waals surface area contributed by atoms with E-state index in [-0.39, 0.29) is 18.7 Å². The second-order valence-electron chi connectivity index (χ2n) is 4.43. The van der Waals surface area contributed by atoms with Crippen molar-refractivity contribution in [2.45, 2.75) is 0 Å². The zero-order valence-electron chi connectivity index (χ0n) is 12.5. The summed E-state index contributed by atoms with van der Waals surface area (Å²) in [5, 5.41) is 0. The minimum Gasteiger partial charge on any atom is -0.495 e. The molecule has 0 atom stereocenters. The summed E-state index contributed by atoms with van der Waals surface area (Å²) >= 11 is 3.28. The van der Waals surface area contributed by atoms with Gasteiger partial charge in [-0.25, -0.2) is 14.5 Å². The monoisotopic (exact) mass is 387 g/mol. The number of hydrogen-bond acceptors (Lipinski definition) is 7. The summed E-state index contributed by atoms with van der Waals surface area (Å²) in [6.45, 7) is -0.274. The van der Waals surface area contributed by atoms with Crippen LogP contribution in [0.15, 0.2) is 16.6 Å². The van der Waals surface area contributed by atoms with E-state index < -0.39 is 24.6 Å². The van der Waals surface area contributed by atoms with Crippen LogP contribution in [-0.2, 0) is 14.3 Å². The molecule has 0 N–H and O–H groups in total. The Morgan fingerprint density at radius 2 is 1.87 bits per heavy atom. The van der Waals surface area contributed by atoms with Gasteiger partial charge in [0, 0.05) is 0 Å². The second-order valence-corrected chi connectivity index (χ2v) is 5.22. The summed E-state index contributed by atoms with van der Waals surface area (Å²) in [7, 11) is 2.88. The molecule has 1 aliphatic rings. The van der Waals surface area contributed by atoms with E-state index >= 15 is 0 Å². The number of nitrogens with zero attached hydrogens (tertiary/aromatic N) is 1. The maximum Gasteiger partial charge on any atom is 0.416 e. The average molecular weight is 388 g/mol. The minimum absolute atomic E-state index is 0.139. The fourth-order valence-electron chi connectivity index (χ4n) is 1.90. The highest BCUT2D eigenvalue weighted by atomic mass is 79.9. The van der Waals surface area contributed by atoms with E-state index in [4.69, 9.17) is 14.2 Å². The summed E-state index contributed by atoms with van der Waals surface area (Å²) < 4.78 is 20.4. The van der Waals surface area contributed by atoms with Crippen LogP contribution in [0.1, 0.15) is 10.4 Å². The summed E-state index contributed by atoms with van der Waals surface area (Å²) in [6, 6.07) is 2.90. The summed E-state index contributed by atoms with van der Waals surface area (Å²) in [4.78, 5) is 36.0. The quantitative estimate of drug-likeness (QED) is 0.708. The number of carbonyl (C=O) groups excluding carboxylic acids is 3. The van der Waals surface area contributed by atoms with Crippen molar-refractivity contribution in [3.8, 4) is 11.5 Å². The molecule has 0 aromatic heterocycles. The Labute approximate surface area is 140 Å². The van der Waals surface area contributed by atoms with Gasteiger partial charge in [0.1, 0.15) is 22.6 Å². The van der Waals surface area contributed by atoms with Crippen LogP contribution in [0.25, 0.3) is 0 Å². The number of cyclic esters (lactones) is 1. The molecular formula is C14H14BrNO7. The highest BCUT2D eigenvalue weighted by Crippen LogP contribution is 2.35. The van der Waals surface area contributed by atoms with E-state index in [1.165, 1.54) is 26.4 Å². The third-order valence-electron chi connectivity index (χ3n) is 3.07. The molecule has 0 radical (unpaired) electrons. The summed E-state index contributed by atoms with van der Waals surface area (Å²) in [5.74, 6) is -0.622. The number of esters is 1. The highest BCUT2D eigenvalue weighted by molar-refractivity contribution is 9.10. The Morgan fingerprint density at radius 1 is 1.26 bits per heavy atom. The molecule has 0 saturated carbocycles. The van der Waals surface area contributed by atoms with Gasteiger partial charge in [0.05, 0.1) is 26.3 Å². The molecule has 2 amide bonds. The molecular weight excluding hydrogens is 374 g/mol. The Kier molecular flexibility index (Phi) is 5.43. The number of methoxy groups -OCH3 is 2. The highest BCUT2D eigenvalue weighted by Gasteiger charge is 2.29. The third kappa shape index (κ3) is 3.73. The number of carbonyl (C=O) groups is 3. The van der Waals surface area contributed by atoms with Crippen molar-refractivity contribution >= 4 is 33.9 Å². The first-order valence-electron chi connectivity index (χ1n) is 6.53. The Hall–Kier alpha value is -2.29. The topological polar surface area (TPSA) is 91.4 Å². The van der Waals surface area contributed by atoms with Gasteiger partial charge >= 0.3 is 12.1 Å².